The summed E-state index contributed by atoms with van der Waals surface area (Å²) in [4.78, 5) is 22.0. The molecule has 0 radical (unpaired) electrons. The number of para-hydroxylation sites is 1. The van der Waals surface area contributed by atoms with Crippen molar-refractivity contribution in [3.63, 3.8) is 0 Å². The third-order valence-electron chi connectivity index (χ3n) is 5.04. The molecule has 130 valence electrons. The van der Waals surface area contributed by atoms with Crippen LogP contribution in [0.25, 0.3) is 10.9 Å². The summed E-state index contributed by atoms with van der Waals surface area (Å²) >= 11 is 0. The summed E-state index contributed by atoms with van der Waals surface area (Å²) in [5.74, 6) is 0.706. The Balaban J connectivity index is 1.65. The third-order valence-corrected chi connectivity index (χ3v) is 5.04. The fourth-order valence-electron chi connectivity index (χ4n) is 3.81. The normalized spacial score (nSPS) is 15.0. The van der Waals surface area contributed by atoms with Crippen molar-refractivity contribution >= 4 is 10.9 Å². The zero-order valence-corrected chi connectivity index (χ0v) is 15.0. The molecule has 0 aliphatic carbocycles. The van der Waals surface area contributed by atoms with Gasteiger partial charge >= 0.3 is 0 Å². The number of hydrogen-bond donors (Lipinski definition) is 1. The number of benzene rings is 1. The Morgan fingerprint density at radius 2 is 2.08 bits per heavy atom. The summed E-state index contributed by atoms with van der Waals surface area (Å²) in [6, 6.07) is 8.99. The Morgan fingerprint density at radius 3 is 2.88 bits per heavy atom. The van der Waals surface area contributed by atoms with Crippen molar-refractivity contribution in [1.82, 2.24) is 19.4 Å². The van der Waals surface area contributed by atoms with Crippen molar-refractivity contribution in [2.75, 3.05) is 6.54 Å². The summed E-state index contributed by atoms with van der Waals surface area (Å²) in [5.41, 5.74) is 4.40. The van der Waals surface area contributed by atoms with Crippen molar-refractivity contribution in [2.45, 2.75) is 46.3 Å². The van der Waals surface area contributed by atoms with Gasteiger partial charge in [0.05, 0.1) is 11.3 Å². The first-order valence-electron chi connectivity index (χ1n) is 8.92. The molecule has 3 heterocycles. The summed E-state index contributed by atoms with van der Waals surface area (Å²) in [7, 11) is 0. The molecule has 3 aromatic rings. The molecule has 0 saturated heterocycles. The molecule has 1 aliphatic rings. The van der Waals surface area contributed by atoms with Crippen LogP contribution in [0.4, 0.5) is 0 Å². The number of hydrogen-bond acceptors (Lipinski definition) is 3. The first-order chi connectivity index (χ1) is 12.0. The number of nitrogens with zero attached hydrogens (tertiary/aromatic N) is 3. The molecule has 0 fully saturated rings. The number of fused-ring (bicyclic) bond motifs is 2. The summed E-state index contributed by atoms with van der Waals surface area (Å²) in [6.07, 6.45) is 3.10. The number of aryl methyl sites for hydroxylation is 1. The van der Waals surface area contributed by atoms with Crippen LogP contribution in [0.5, 0.6) is 0 Å². The van der Waals surface area contributed by atoms with E-state index in [1.54, 1.807) is 0 Å². The highest BCUT2D eigenvalue weighted by atomic mass is 16.1. The standard InChI is InChI=1S/C20H24N4O/c1-13(2)24-11-15(16-6-4-5-7-19(16)24)10-23-9-8-18-17(12-23)20(25)22-14(3)21-18/h4-7,11,13H,8-10,12H2,1-3H3,(H,21,22,25). The Morgan fingerprint density at radius 1 is 1.28 bits per heavy atom. The molecule has 0 bridgehead atoms. The van der Waals surface area contributed by atoms with Gasteiger partial charge in [-0.25, -0.2) is 4.98 Å². The van der Waals surface area contributed by atoms with E-state index in [9.17, 15) is 4.79 Å². The second-order valence-corrected chi connectivity index (χ2v) is 7.21. The molecule has 0 saturated carbocycles. The zero-order chi connectivity index (χ0) is 17.6. The van der Waals surface area contributed by atoms with Crippen molar-refractivity contribution in [1.29, 1.82) is 0 Å². The van der Waals surface area contributed by atoms with Crippen LogP contribution in [-0.2, 0) is 19.5 Å². The maximum atomic E-state index is 12.3. The van der Waals surface area contributed by atoms with Crippen molar-refractivity contribution in [3.05, 3.63) is 63.5 Å². The molecule has 1 aromatic carbocycles. The molecule has 4 rings (SSSR count). The smallest absolute Gasteiger partial charge is 0.255 e. The predicted octanol–water partition coefficient (Wildman–Crippen LogP) is 3.17. The van der Waals surface area contributed by atoms with Gasteiger partial charge in [0.1, 0.15) is 5.82 Å². The lowest BCUT2D eigenvalue weighted by Gasteiger charge is -2.27. The highest BCUT2D eigenvalue weighted by Gasteiger charge is 2.22. The van der Waals surface area contributed by atoms with Crippen molar-refractivity contribution in [2.24, 2.45) is 0 Å². The fourth-order valence-corrected chi connectivity index (χ4v) is 3.81. The van der Waals surface area contributed by atoms with Crippen LogP contribution in [0.1, 0.15) is 42.5 Å². The number of rotatable bonds is 3. The summed E-state index contributed by atoms with van der Waals surface area (Å²) in [6.45, 7) is 8.72. The lowest BCUT2D eigenvalue weighted by molar-refractivity contribution is 0.242. The molecule has 25 heavy (non-hydrogen) atoms. The average Bonchev–Trinajstić information content (AvgIpc) is 2.94. The third kappa shape index (κ3) is 2.89. The van der Waals surface area contributed by atoms with Crippen LogP contribution in [-0.4, -0.2) is 26.0 Å². The Hall–Kier alpha value is -2.40. The number of H-pyrrole nitrogens is 1. The van der Waals surface area contributed by atoms with Gasteiger partial charge in [-0.05, 0) is 32.4 Å². The molecule has 0 atom stereocenters. The van der Waals surface area contributed by atoms with Crippen molar-refractivity contribution in [3.8, 4) is 0 Å². The average molecular weight is 336 g/mol. The molecule has 0 amide bonds. The van der Waals surface area contributed by atoms with Crippen LogP contribution >= 0.6 is 0 Å². The van der Waals surface area contributed by atoms with E-state index >= 15 is 0 Å². The molecule has 5 heteroatoms. The number of aromatic amines is 1. The molecule has 2 aromatic heterocycles. The van der Waals surface area contributed by atoms with E-state index in [1.807, 2.05) is 6.92 Å². The van der Waals surface area contributed by atoms with Gasteiger partial charge in [0, 0.05) is 49.2 Å². The number of aromatic nitrogens is 3. The Labute approximate surface area is 147 Å². The monoisotopic (exact) mass is 336 g/mol. The van der Waals surface area contributed by atoms with Gasteiger partial charge in [-0.2, -0.15) is 0 Å². The fraction of sp³-hybridized carbons (Fsp3) is 0.400. The first-order valence-corrected chi connectivity index (χ1v) is 8.92. The van der Waals surface area contributed by atoms with Gasteiger partial charge in [-0.1, -0.05) is 18.2 Å². The van der Waals surface area contributed by atoms with Gasteiger partial charge in [0.15, 0.2) is 0 Å². The van der Waals surface area contributed by atoms with Gasteiger partial charge in [-0.3, -0.25) is 9.69 Å². The van der Waals surface area contributed by atoms with Crippen LogP contribution in [0.2, 0.25) is 0 Å². The van der Waals surface area contributed by atoms with E-state index in [2.05, 4.69) is 63.7 Å². The SMILES string of the molecule is Cc1nc2c(c(=O)[nH]1)CN(Cc1cn(C(C)C)c3ccccc13)CC2. The molecular weight excluding hydrogens is 312 g/mol. The van der Waals surface area contributed by atoms with Crippen molar-refractivity contribution < 1.29 is 0 Å². The van der Waals surface area contributed by atoms with E-state index in [0.29, 0.717) is 18.4 Å². The highest BCUT2D eigenvalue weighted by molar-refractivity contribution is 5.84. The minimum Gasteiger partial charge on any atom is -0.345 e. The van der Waals surface area contributed by atoms with E-state index in [4.69, 9.17) is 0 Å². The van der Waals surface area contributed by atoms with Gasteiger partial charge < -0.3 is 9.55 Å². The number of nitrogens with one attached hydrogen (secondary N) is 1. The van der Waals surface area contributed by atoms with Gasteiger partial charge in [0.25, 0.3) is 5.56 Å². The molecule has 0 unspecified atom stereocenters. The molecule has 1 N–H and O–H groups in total. The predicted molar refractivity (Wildman–Crippen MR) is 99.7 cm³/mol. The van der Waals surface area contributed by atoms with E-state index in [0.717, 1.165) is 30.8 Å². The first kappa shape index (κ1) is 16.1. The zero-order valence-electron chi connectivity index (χ0n) is 15.0. The highest BCUT2D eigenvalue weighted by Crippen LogP contribution is 2.27. The largest absolute Gasteiger partial charge is 0.345 e. The van der Waals surface area contributed by atoms with Crippen LogP contribution < -0.4 is 5.56 Å². The van der Waals surface area contributed by atoms with Crippen LogP contribution in [0.15, 0.2) is 35.3 Å². The second-order valence-electron chi connectivity index (χ2n) is 7.21. The minimum atomic E-state index is 0.0109. The van der Waals surface area contributed by atoms with Crippen LogP contribution in [0, 0.1) is 6.92 Å². The molecular formula is C20H24N4O. The van der Waals surface area contributed by atoms with Gasteiger partial charge in [-0.15, -0.1) is 0 Å². The summed E-state index contributed by atoms with van der Waals surface area (Å²) in [5, 5.41) is 1.30. The molecule has 1 aliphatic heterocycles. The topological polar surface area (TPSA) is 53.9 Å². The van der Waals surface area contributed by atoms with Gasteiger partial charge in [0.2, 0.25) is 0 Å². The molecule has 5 nitrogen and oxygen atoms in total. The maximum Gasteiger partial charge on any atom is 0.255 e. The van der Waals surface area contributed by atoms with E-state index in [-0.39, 0.29) is 5.56 Å². The van der Waals surface area contributed by atoms with Crippen LogP contribution in [0.3, 0.4) is 0 Å². The Bertz CT molecular complexity index is 983. The Kier molecular flexibility index (Phi) is 3.96. The molecule has 0 spiro atoms. The minimum absolute atomic E-state index is 0.0109. The van der Waals surface area contributed by atoms with E-state index in [1.165, 1.54) is 16.5 Å². The quantitative estimate of drug-likeness (QED) is 0.799. The maximum absolute atomic E-state index is 12.3. The lowest BCUT2D eigenvalue weighted by Crippen LogP contribution is -2.35. The second kappa shape index (κ2) is 6.15. The lowest BCUT2D eigenvalue weighted by atomic mass is 10.1. The summed E-state index contributed by atoms with van der Waals surface area (Å²) < 4.78 is 2.33. The van der Waals surface area contributed by atoms with E-state index < -0.39 is 0 Å².